The summed E-state index contributed by atoms with van der Waals surface area (Å²) >= 11 is 5.99. The van der Waals surface area contributed by atoms with Crippen LogP contribution in [0.2, 0.25) is 5.02 Å². The summed E-state index contributed by atoms with van der Waals surface area (Å²) in [6, 6.07) is 15.5. The molecule has 0 aromatic heterocycles. The number of likely N-dealkylation sites (tertiary alicyclic amines) is 1. The van der Waals surface area contributed by atoms with E-state index in [4.69, 9.17) is 17.4 Å². The van der Waals surface area contributed by atoms with Crippen molar-refractivity contribution in [3.8, 4) is 0 Å². The van der Waals surface area contributed by atoms with Gasteiger partial charge in [0.15, 0.2) is 0 Å². The number of amides is 2. The number of aliphatic hydroxyl groups is 1. The third kappa shape index (κ3) is 4.76. The molecule has 0 spiro atoms. The summed E-state index contributed by atoms with van der Waals surface area (Å²) in [5, 5.41) is 13.2. The van der Waals surface area contributed by atoms with Crippen molar-refractivity contribution < 1.29 is 14.7 Å². The molecule has 1 aliphatic heterocycles. The van der Waals surface area contributed by atoms with Gasteiger partial charge in [-0.2, -0.15) is 0 Å². The minimum atomic E-state index is -1.07. The quantitative estimate of drug-likeness (QED) is 0.420. The first-order chi connectivity index (χ1) is 14.5. The van der Waals surface area contributed by atoms with Gasteiger partial charge < -0.3 is 10.0 Å². The average molecular weight is 444 g/mol. The van der Waals surface area contributed by atoms with Gasteiger partial charge in [0.25, 0.3) is 5.91 Å². The highest BCUT2D eigenvalue weighted by atomic mass is 35.5. The molecule has 0 radical (unpaired) electrons. The molecule has 2 amide bonds. The first kappa shape index (κ1) is 23.3. The maximum absolute atomic E-state index is 13.0. The third-order valence-corrected chi connectivity index (χ3v) is 6.58. The van der Waals surface area contributed by atoms with Crippen molar-refractivity contribution in [2.75, 3.05) is 13.1 Å². The molecule has 0 unspecified atom stereocenters. The van der Waals surface area contributed by atoms with E-state index in [9.17, 15) is 14.7 Å². The molecule has 3 N–H and O–H groups in total. The van der Waals surface area contributed by atoms with Crippen LogP contribution in [0, 0.1) is 5.41 Å². The number of carbonyl (C=O) groups is 2. The zero-order chi connectivity index (χ0) is 22.8. The van der Waals surface area contributed by atoms with Crippen molar-refractivity contribution >= 4 is 23.4 Å². The fourth-order valence-corrected chi connectivity index (χ4v) is 4.33. The van der Waals surface area contributed by atoms with E-state index in [1.807, 2.05) is 32.0 Å². The van der Waals surface area contributed by atoms with E-state index < -0.39 is 17.1 Å². The summed E-state index contributed by atoms with van der Waals surface area (Å²) in [6.45, 7) is 6.50. The second kappa shape index (κ2) is 8.99. The smallest absolute Gasteiger partial charge is 0.268 e. The van der Waals surface area contributed by atoms with E-state index in [1.165, 1.54) is 0 Å². The van der Waals surface area contributed by atoms with Crippen molar-refractivity contribution in [1.82, 2.24) is 9.91 Å². The molecule has 0 saturated carbocycles. The van der Waals surface area contributed by atoms with Gasteiger partial charge in [-0.05, 0) is 43.2 Å². The Balaban J connectivity index is 1.65. The Kier molecular flexibility index (Phi) is 6.74. The molecule has 0 bridgehead atoms. The van der Waals surface area contributed by atoms with Gasteiger partial charge in [0.05, 0.1) is 11.6 Å². The summed E-state index contributed by atoms with van der Waals surface area (Å²) in [6.07, 6.45) is 0.529. The van der Waals surface area contributed by atoms with E-state index in [0.29, 0.717) is 30.1 Å². The predicted molar refractivity (Wildman–Crippen MR) is 121 cm³/mol. The standard InChI is InChI=1S/C24H30ClN3O3/c1-17(28(26)22(30)18-7-5-4-6-8-18)15-21(29)27-14-13-24(31,23(2,3)16-27)19-9-11-20(25)12-10-19/h4-12,17,31H,13-16,26H2,1-3H3/t17-,24-/m0/s1. The summed E-state index contributed by atoms with van der Waals surface area (Å²) in [4.78, 5) is 27.3. The van der Waals surface area contributed by atoms with Crippen LogP contribution in [-0.2, 0) is 10.4 Å². The Labute approximate surface area is 188 Å². The number of benzene rings is 2. The number of hydrogen-bond donors (Lipinski definition) is 2. The van der Waals surface area contributed by atoms with Crippen LogP contribution in [0.1, 0.15) is 49.5 Å². The first-order valence-corrected chi connectivity index (χ1v) is 10.8. The molecular formula is C24H30ClN3O3. The number of hydrogen-bond acceptors (Lipinski definition) is 4. The molecule has 2 aromatic rings. The maximum atomic E-state index is 13.0. The molecule has 1 aliphatic rings. The number of halogens is 1. The number of piperidine rings is 1. The van der Waals surface area contributed by atoms with Crippen LogP contribution < -0.4 is 5.84 Å². The van der Waals surface area contributed by atoms with Crippen LogP contribution in [0.3, 0.4) is 0 Å². The molecule has 1 saturated heterocycles. The molecule has 2 atom stereocenters. The summed E-state index contributed by atoms with van der Waals surface area (Å²) < 4.78 is 0. The lowest BCUT2D eigenvalue weighted by atomic mass is 9.66. The number of hydrazine groups is 1. The molecule has 1 fully saturated rings. The molecule has 7 heteroatoms. The minimum Gasteiger partial charge on any atom is -0.384 e. The van der Waals surface area contributed by atoms with Crippen LogP contribution >= 0.6 is 11.6 Å². The highest BCUT2D eigenvalue weighted by Crippen LogP contribution is 2.46. The van der Waals surface area contributed by atoms with E-state index in [0.717, 1.165) is 10.6 Å². The molecule has 1 heterocycles. The monoisotopic (exact) mass is 443 g/mol. The van der Waals surface area contributed by atoms with Gasteiger partial charge >= 0.3 is 0 Å². The van der Waals surface area contributed by atoms with E-state index >= 15 is 0 Å². The van der Waals surface area contributed by atoms with E-state index in [2.05, 4.69) is 0 Å². The average Bonchev–Trinajstić information content (AvgIpc) is 2.75. The van der Waals surface area contributed by atoms with Gasteiger partial charge in [-0.25, -0.2) is 5.84 Å². The normalized spacial score (nSPS) is 21.4. The highest BCUT2D eigenvalue weighted by Gasteiger charge is 2.49. The lowest BCUT2D eigenvalue weighted by Gasteiger charge is -2.50. The van der Waals surface area contributed by atoms with Crippen molar-refractivity contribution in [2.24, 2.45) is 11.3 Å². The summed E-state index contributed by atoms with van der Waals surface area (Å²) in [7, 11) is 0. The molecule has 2 aromatic carbocycles. The maximum Gasteiger partial charge on any atom is 0.268 e. The van der Waals surface area contributed by atoms with Gasteiger partial charge in [-0.1, -0.05) is 55.8 Å². The zero-order valence-corrected chi connectivity index (χ0v) is 19.0. The zero-order valence-electron chi connectivity index (χ0n) is 18.2. The topological polar surface area (TPSA) is 86.9 Å². The Hall–Kier alpha value is -2.41. The van der Waals surface area contributed by atoms with Crippen LogP contribution in [0.25, 0.3) is 0 Å². The van der Waals surface area contributed by atoms with Crippen molar-refractivity contribution in [3.63, 3.8) is 0 Å². The lowest BCUT2D eigenvalue weighted by Crippen LogP contribution is -2.57. The molecule has 3 rings (SSSR count). The summed E-state index contributed by atoms with van der Waals surface area (Å²) in [5.41, 5.74) is -0.357. The largest absolute Gasteiger partial charge is 0.384 e. The minimum absolute atomic E-state index is 0.0879. The highest BCUT2D eigenvalue weighted by molar-refractivity contribution is 6.30. The Bertz CT molecular complexity index is 933. The number of nitrogens with two attached hydrogens (primary N) is 1. The lowest BCUT2D eigenvalue weighted by molar-refractivity contribution is -0.153. The summed E-state index contributed by atoms with van der Waals surface area (Å²) in [5.74, 6) is 5.61. The predicted octanol–water partition coefficient (Wildman–Crippen LogP) is 3.58. The molecular weight excluding hydrogens is 414 g/mol. The Morgan fingerprint density at radius 1 is 1.16 bits per heavy atom. The van der Waals surface area contributed by atoms with Crippen LogP contribution in [0.5, 0.6) is 0 Å². The SMILES string of the molecule is C[C@@H](CC(=O)N1CC[C@](O)(c2ccc(Cl)cc2)C(C)(C)C1)N(N)C(=O)c1ccccc1. The van der Waals surface area contributed by atoms with Crippen molar-refractivity contribution in [1.29, 1.82) is 0 Å². The van der Waals surface area contributed by atoms with Crippen molar-refractivity contribution in [2.45, 2.75) is 45.3 Å². The third-order valence-electron chi connectivity index (χ3n) is 6.32. The van der Waals surface area contributed by atoms with Crippen LogP contribution in [-0.4, -0.2) is 46.0 Å². The van der Waals surface area contributed by atoms with Gasteiger partial charge in [-0.15, -0.1) is 0 Å². The van der Waals surface area contributed by atoms with Crippen molar-refractivity contribution in [3.05, 3.63) is 70.7 Å². The number of nitrogens with zero attached hydrogens (tertiary/aromatic N) is 2. The molecule has 166 valence electrons. The fraction of sp³-hybridized carbons (Fsp3) is 0.417. The van der Waals surface area contributed by atoms with Gasteiger partial charge in [0.2, 0.25) is 5.91 Å². The number of rotatable bonds is 5. The number of carbonyl (C=O) groups excluding carboxylic acids is 2. The first-order valence-electron chi connectivity index (χ1n) is 10.4. The molecule has 6 nitrogen and oxygen atoms in total. The Morgan fingerprint density at radius 3 is 2.35 bits per heavy atom. The second-order valence-corrected chi connectivity index (χ2v) is 9.38. The van der Waals surface area contributed by atoms with Crippen LogP contribution in [0.4, 0.5) is 0 Å². The molecule has 31 heavy (non-hydrogen) atoms. The molecule has 0 aliphatic carbocycles. The van der Waals surface area contributed by atoms with Crippen LogP contribution in [0.15, 0.2) is 54.6 Å². The van der Waals surface area contributed by atoms with Gasteiger partial charge in [0.1, 0.15) is 0 Å². The van der Waals surface area contributed by atoms with E-state index in [-0.39, 0.29) is 18.2 Å². The van der Waals surface area contributed by atoms with E-state index in [1.54, 1.807) is 48.2 Å². The van der Waals surface area contributed by atoms with Gasteiger partial charge in [0, 0.05) is 35.5 Å². The van der Waals surface area contributed by atoms with Gasteiger partial charge in [-0.3, -0.25) is 14.6 Å². The second-order valence-electron chi connectivity index (χ2n) is 8.95. The fourth-order valence-electron chi connectivity index (χ4n) is 4.21. The Morgan fingerprint density at radius 2 is 1.77 bits per heavy atom.